The fraction of sp³-hybridized carbons (Fsp3) is 0.333. The number of nitrogen functional groups attached to an aromatic ring is 1. The van der Waals surface area contributed by atoms with E-state index in [1.807, 2.05) is 38.1 Å². The number of rotatable bonds is 2. The van der Waals surface area contributed by atoms with Crippen molar-refractivity contribution >= 4 is 5.69 Å². The van der Waals surface area contributed by atoms with E-state index in [-0.39, 0.29) is 0 Å². The number of nitrogens with zero attached hydrogens (tertiary/aromatic N) is 2. The largest absolute Gasteiger partial charge is 0.398 e. The van der Waals surface area contributed by atoms with Crippen LogP contribution in [0.4, 0.5) is 5.69 Å². The van der Waals surface area contributed by atoms with Crippen molar-refractivity contribution in [3.05, 3.63) is 41.2 Å². The van der Waals surface area contributed by atoms with Crippen LogP contribution in [0.3, 0.4) is 0 Å². The number of nitrogens with two attached hydrogens (primary N) is 1. The number of aromatic nitrogens is 2. The van der Waals surface area contributed by atoms with Crippen LogP contribution in [0.15, 0.2) is 24.3 Å². The van der Waals surface area contributed by atoms with Crippen LogP contribution in [0.1, 0.15) is 36.7 Å². The first kappa shape index (κ1) is 12.6. The molecule has 3 heteroatoms. The van der Waals surface area contributed by atoms with Crippen molar-refractivity contribution in [2.24, 2.45) is 0 Å². The molecule has 0 saturated heterocycles. The van der Waals surface area contributed by atoms with Gasteiger partial charge in [-0.3, -0.25) is 0 Å². The van der Waals surface area contributed by atoms with Crippen LogP contribution in [-0.2, 0) is 0 Å². The second-order valence-electron chi connectivity index (χ2n) is 5.00. The summed E-state index contributed by atoms with van der Waals surface area (Å²) in [6.07, 6.45) is 0. The van der Waals surface area contributed by atoms with E-state index in [1.54, 1.807) is 0 Å². The molecule has 0 amide bonds. The lowest BCUT2D eigenvalue weighted by Gasteiger charge is -2.10. The molecule has 94 valence electrons. The zero-order valence-corrected chi connectivity index (χ0v) is 11.4. The van der Waals surface area contributed by atoms with Gasteiger partial charge in [-0.2, -0.15) is 0 Å². The van der Waals surface area contributed by atoms with Crippen molar-refractivity contribution < 1.29 is 0 Å². The molecule has 0 radical (unpaired) electrons. The molecule has 0 spiro atoms. The van der Waals surface area contributed by atoms with Crippen LogP contribution in [0.25, 0.3) is 11.4 Å². The van der Waals surface area contributed by atoms with E-state index in [9.17, 15) is 0 Å². The van der Waals surface area contributed by atoms with Gasteiger partial charge in [0.15, 0.2) is 5.82 Å². The Morgan fingerprint density at radius 3 is 2.44 bits per heavy atom. The van der Waals surface area contributed by atoms with Crippen LogP contribution < -0.4 is 5.73 Å². The van der Waals surface area contributed by atoms with E-state index in [0.29, 0.717) is 5.92 Å². The van der Waals surface area contributed by atoms with Crippen molar-refractivity contribution in [3.63, 3.8) is 0 Å². The Hall–Kier alpha value is -1.90. The molecular formula is C15H19N3. The monoisotopic (exact) mass is 241 g/mol. The third kappa shape index (κ3) is 2.50. The fourth-order valence-corrected chi connectivity index (χ4v) is 1.87. The van der Waals surface area contributed by atoms with Gasteiger partial charge in [-0.05, 0) is 38.0 Å². The van der Waals surface area contributed by atoms with Gasteiger partial charge >= 0.3 is 0 Å². The average Bonchev–Trinajstić information content (AvgIpc) is 2.31. The predicted molar refractivity (Wildman–Crippen MR) is 75.4 cm³/mol. The summed E-state index contributed by atoms with van der Waals surface area (Å²) in [7, 11) is 0. The topological polar surface area (TPSA) is 51.8 Å². The maximum Gasteiger partial charge on any atom is 0.161 e. The minimum atomic E-state index is 0.386. The average molecular weight is 241 g/mol. The van der Waals surface area contributed by atoms with Gasteiger partial charge in [0.25, 0.3) is 0 Å². The highest BCUT2D eigenvalue weighted by atomic mass is 14.9. The Labute approximate surface area is 108 Å². The van der Waals surface area contributed by atoms with E-state index >= 15 is 0 Å². The molecule has 2 N–H and O–H groups in total. The number of anilines is 1. The number of benzene rings is 1. The zero-order chi connectivity index (χ0) is 13.3. The molecular weight excluding hydrogens is 222 g/mol. The summed E-state index contributed by atoms with van der Waals surface area (Å²) in [4.78, 5) is 9.11. The first-order chi connectivity index (χ1) is 8.47. The van der Waals surface area contributed by atoms with Crippen molar-refractivity contribution in [1.29, 1.82) is 0 Å². The van der Waals surface area contributed by atoms with Crippen LogP contribution in [0, 0.1) is 13.8 Å². The smallest absolute Gasteiger partial charge is 0.161 e. The highest BCUT2D eigenvalue weighted by Gasteiger charge is 2.10. The Kier molecular flexibility index (Phi) is 3.32. The van der Waals surface area contributed by atoms with Crippen LogP contribution in [0.5, 0.6) is 0 Å². The van der Waals surface area contributed by atoms with Crippen molar-refractivity contribution in [2.45, 2.75) is 33.6 Å². The van der Waals surface area contributed by atoms with Gasteiger partial charge in [-0.25, -0.2) is 9.97 Å². The SMILES string of the molecule is Cc1ccc(N)c(-c2nc(C)cc(C(C)C)n2)c1. The lowest BCUT2D eigenvalue weighted by atomic mass is 10.1. The minimum Gasteiger partial charge on any atom is -0.398 e. The molecule has 1 aromatic heterocycles. The molecule has 0 bridgehead atoms. The van der Waals surface area contributed by atoms with E-state index < -0.39 is 0 Å². The lowest BCUT2D eigenvalue weighted by Crippen LogP contribution is -2.01. The summed E-state index contributed by atoms with van der Waals surface area (Å²) in [5.74, 6) is 1.11. The van der Waals surface area contributed by atoms with Gasteiger partial charge < -0.3 is 5.73 Å². The molecule has 0 atom stereocenters. The number of hydrogen-bond donors (Lipinski definition) is 1. The van der Waals surface area contributed by atoms with Gasteiger partial charge in [0.1, 0.15) is 0 Å². The standard InChI is InChI=1S/C15H19N3/c1-9(2)14-8-11(4)17-15(18-14)12-7-10(3)5-6-13(12)16/h5-9H,16H2,1-4H3. The molecule has 0 aliphatic heterocycles. The normalized spacial score (nSPS) is 10.9. The zero-order valence-electron chi connectivity index (χ0n) is 11.4. The quantitative estimate of drug-likeness (QED) is 0.819. The van der Waals surface area contributed by atoms with Crippen molar-refractivity contribution in [2.75, 3.05) is 5.73 Å². The molecule has 2 rings (SSSR count). The highest BCUT2D eigenvalue weighted by molar-refractivity contribution is 5.72. The third-order valence-electron chi connectivity index (χ3n) is 2.92. The van der Waals surface area contributed by atoms with E-state index in [0.717, 1.165) is 34.0 Å². The van der Waals surface area contributed by atoms with Gasteiger partial charge in [-0.15, -0.1) is 0 Å². The molecule has 18 heavy (non-hydrogen) atoms. The van der Waals surface area contributed by atoms with Crippen LogP contribution in [0.2, 0.25) is 0 Å². The molecule has 3 nitrogen and oxygen atoms in total. The molecule has 0 aliphatic carbocycles. The number of hydrogen-bond acceptors (Lipinski definition) is 3. The number of aryl methyl sites for hydroxylation is 2. The Morgan fingerprint density at radius 1 is 1.06 bits per heavy atom. The van der Waals surface area contributed by atoms with Gasteiger partial charge in [0, 0.05) is 22.6 Å². The maximum absolute atomic E-state index is 6.02. The van der Waals surface area contributed by atoms with Gasteiger partial charge in [0.05, 0.1) is 0 Å². The third-order valence-corrected chi connectivity index (χ3v) is 2.92. The van der Waals surface area contributed by atoms with Crippen molar-refractivity contribution in [3.8, 4) is 11.4 Å². The Bertz CT molecular complexity index is 574. The fourth-order valence-electron chi connectivity index (χ4n) is 1.87. The van der Waals surface area contributed by atoms with E-state index in [4.69, 9.17) is 5.73 Å². The molecule has 0 aliphatic rings. The maximum atomic E-state index is 6.02. The summed E-state index contributed by atoms with van der Waals surface area (Å²) in [5, 5.41) is 0. The van der Waals surface area contributed by atoms with Crippen LogP contribution >= 0.6 is 0 Å². The molecule has 0 fully saturated rings. The van der Waals surface area contributed by atoms with Crippen LogP contribution in [-0.4, -0.2) is 9.97 Å². The van der Waals surface area contributed by atoms with E-state index in [1.165, 1.54) is 0 Å². The van der Waals surface area contributed by atoms with Gasteiger partial charge in [-0.1, -0.05) is 25.5 Å². The summed E-state index contributed by atoms with van der Waals surface area (Å²) in [6, 6.07) is 7.97. The molecule has 1 heterocycles. The van der Waals surface area contributed by atoms with E-state index in [2.05, 4.69) is 23.8 Å². The first-order valence-corrected chi connectivity index (χ1v) is 6.19. The summed E-state index contributed by atoms with van der Waals surface area (Å²) < 4.78 is 0. The highest BCUT2D eigenvalue weighted by Crippen LogP contribution is 2.25. The molecule has 0 unspecified atom stereocenters. The predicted octanol–water partition coefficient (Wildman–Crippen LogP) is 3.47. The second kappa shape index (κ2) is 4.77. The Balaban J connectivity index is 2.60. The van der Waals surface area contributed by atoms with Gasteiger partial charge in [0.2, 0.25) is 0 Å². The van der Waals surface area contributed by atoms with Crippen molar-refractivity contribution in [1.82, 2.24) is 9.97 Å². The molecule has 1 aromatic carbocycles. The lowest BCUT2D eigenvalue weighted by molar-refractivity contribution is 0.812. The second-order valence-corrected chi connectivity index (χ2v) is 5.00. The summed E-state index contributed by atoms with van der Waals surface area (Å²) in [6.45, 7) is 8.29. The molecule has 0 saturated carbocycles. The summed E-state index contributed by atoms with van der Waals surface area (Å²) in [5.41, 5.74) is 10.9. The molecule has 2 aromatic rings. The first-order valence-electron chi connectivity index (χ1n) is 6.19. The summed E-state index contributed by atoms with van der Waals surface area (Å²) >= 11 is 0. The Morgan fingerprint density at radius 2 is 1.78 bits per heavy atom. The minimum absolute atomic E-state index is 0.386.